The van der Waals surface area contributed by atoms with Gasteiger partial charge in [0.1, 0.15) is 11.3 Å². The van der Waals surface area contributed by atoms with E-state index < -0.39 is 5.91 Å². The number of carbonyl (C=O) groups is 1. The first-order valence-electron chi connectivity index (χ1n) is 9.34. The first-order chi connectivity index (χ1) is 15.5. The number of halogens is 3. The van der Waals surface area contributed by atoms with Crippen molar-refractivity contribution in [2.45, 2.75) is 0 Å². The van der Waals surface area contributed by atoms with Gasteiger partial charge in [0.25, 0.3) is 5.91 Å². The number of hydrogen-bond donors (Lipinski definition) is 1. The van der Waals surface area contributed by atoms with Gasteiger partial charge in [-0.2, -0.15) is 0 Å². The highest BCUT2D eigenvalue weighted by molar-refractivity contribution is 9.10. The van der Waals surface area contributed by atoms with Crippen LogP contribution in [-0.2, 0) is 0 Å². The van der Waals surface area contributed by atoms with Gasteiger partial charge in [-0.15, -0.1) is 0 Å². The highest BCUT2D eigenvalue weighted by Crippen LogP contribution is 2.30. The van der Waals surface area contributed by atoms with Gasteiger partial charge in [-0.1, -0.05) is 23.2 Å². The van der Waals surface area contributed by atoms with Gasteiger partial charge in [-0.25, -0.2) is 4.98 Å². The molecular weight excluding hydrogens is 517 g/mol. The molecule has 6 nitrogen and oxygen atoms in total. The van der Waals surface area contributed by atoms with Crippen LogP contribution in [-0.4, -0.2) is 15.9 Å². The van der Waals surface area contributed by atoms with Gasteiger partial charge in [-0.3, -0.25) is 9.78 Å². The van der Waals surface area contributed by atoms with Crippen LogP contribution in [0.15, 0.2) is 80.3 Å². The molecule has 158 valence electrons. The number of carbonyl (C=O) groups excluding carboxylic acids is 1. The quantitative estimate of drug-likeness (QED) is 0.261. The van der Waals surface area contributed by atoms with Gasteiger partial charge in [0.2, 0.25) is 5.89 Å². The van der Waals surface area contributed by atoms with Crippen molar-refractivity contribution in [1.82, 2.24) is 9.97 Å². The summed E-state index contributed by atoms with van der Waals surface area (Å²) in [5.41, 5.74) is 3.22. The van der Waals surface area contributed by atoms with E-state index >= 15 is 0 Å². The van der Waals surface area contributed by atoms with Gasteiger partial charge in [0.05, 0.1) is 15.6 Å². The number of pyridine rings is 1. The molecule has 2 aromatic carbocycles. The molecule has 3 aromatic heterocycles. The minimum Gasteiger partial charge on any atom is -0.451 e. The average Bonchev–Trinajstić information content (AvgIpc) is 3.43. The Labute approximate surface area is 200 Å². The number of nitrogens with one attached hydrogen (secondary N) is 1. The van der Waals surface area contributed by atoms with E-state index in [0.29, 0.717) is 38.5 Å². The van der Waals surface area contributed by atoms with E-state index in [1.165, 1.54) is 0 Å². The van der Waals surface area contributed by atoms with Crippen molar-refractivity contribution in [3.63, 3.8) is 0 Å². The van der Waals surface area contributed by atoms with Crippen LogP contribution >= 0.6 is 39.1 Å². The maximum atomic E-state index is 12.7. The van der Waals surface area contributed by atoms with Crippen LogP contribution in [0.4, 0.5) is 5.69 Å². The van der Waals surface area contributed by atoms with Crippen LogP contribution in [0, 0.1) is 0 Å². The van der Waals surface area contributed by atoms with Gasteiger partial charge in [-0.05, 0) is 70.5 Å². The van der Waals surface area contributed by atoms with Crippen LogP contribution in [0.5, 0.6) is 0 Å². The van der Waals surface area contributed by atoms with Crippen molar-refractivity contribution >= 4 is 61.8 Å². The molecule has 0 bridgehead atoms. The number of nitrogens with zero attached hydrogens (tertiary/aromatic N) is 2. The molecule has 0 atom stereocenters. The summed E-state index contributed by atoms with van der Waals surface area (Å²) in [6.07, 6.45) is 3.35. The zero-order valence-electron chi connectivity index (χ0n) is 16.1. The lowest BCUT2D eigenvalue weighted by Crippen LogP contribution is -2.10. The molecule has 0 radical (unpaired) electrons. The number of oxazole rings is 1. The number of amides is 1. The summed E-state index contributed by atoms with van der Waals surface area (Å²) >= 11 is 15.4. The predicted octanol–water partition coefficient (Wildman–Crippen LogP) is 7.47. The van der Waals surface area contributed by atoms with E-state index in [9.17, 15) is 4.79 Å². The van der Waals surface area contributed by atoms with Crippen LogP contribution < -0.4 is 5.32 Å². The fraction of sp³-hybridized carbons (Fsp3) is 0. The second kappa shape index (κ2) is 8.43. The lowest BCUT2D eigenvalue weighted by molar-refractivity contribution is 0.0997. The summed E-state index contributed by atoms with van der Waals surface area (Å²) in [5.74, 6) is 0.713. The summed E-state index contributed by atoms with van der Waals surface area (Å²) in [4.78, 5) is 21.3. The van der Waals surface area contributed by atoms with Crippen molar-refractivity contribution in [2.75, 3.05) is 5.32 Å². The molecule has 0 fully saturated rings. The summed E-state index contributed by atoms with van der Waals surface area (Å²) in [5, 5.41) is 3.67. The van der Waals surface area contributed by atoms with E-state index in [-0.39, 0.29) is 5.76 Å². The molecular formula is C23H12BrCl2N3O3. The molecule has 5 aromatic rings. The number of benzene rings is 2. The number of fused-ring (bicyclic) bond motifs is 1. The van der Waals surface area contributed by atoms with Gasteiger partial charge in [0.15, 0.2) is 11.3 Å². The molecule has 0 spiro atoms. The molecule has 9 heteroatoms. The maximum Gasteiger partial charge on any atom is 0.291 e. The Morgan fingerprint density at radius 2 is 1.78 bits per heavy atom. The van der Waals surface area contributed by atoms with E-state index in [0.717, 1.165) is 15.6 Å². The Morgan fingerprint density at radius 3 is 2.59 bits per heavy atom. The summed E-state index contributed by atoms with van der Waals surface area (Å²) < 4.78 is 12.3. The maximum absolute atomic E-state index is 12.7. The SMILES string of the molecule is O=C(Nc1ccc2oc(-c3cncc(Br)c3)nc2c1)c1ccc(-c2ccc(Cl)c(Cl)c2)o1. The van der Waals surface area contributed by atoms with Crippen molar-refractivity contribution < 1.29 is 13.6 Å². The van der Waals surface area contributed by atoms with Crippen molar-refractivity contribution in [3.05, 3.63) is 87.3 Å². The number of rotatable bonds is 4. The highest BCUT2D eigenvalue weighted by atomic mass is 79.9. The minimum atomic E-state index is -0.393. The topological polar surface area (TPSA) is 81.2 Å². The molecule has 32 heavy (non-hydrogen) atoms. The molecule has 0 unspecified atom stereocenters. The number of aromatic nitrogens is 2. The molecule has 0 aliphatic heterocycles. The van der Waals surface area contributed by atoms with E-state index in [1.54, 1.807) is 60.9 Å². The third kappa shape index (κ3) is 4.14. The molecule has 5 rings (SSSR count). The molecule has 3 heterocycles. The fourth-order valence-corrected chi connectivity index (χ4v) is 3.78. The van der Waals surface area contributed by atoms with Crippen molar-refractivity contribution in [1.29, 1.82) is 0 Å². The Bertz CT molecular complexity index is 1480. The Morgan fingerprint density at radius 1 is 0.906 bits per heavy atom. The van der Waals surface area contributed by atoms with Crippen LogP contribution in [0.1, 0.15) is 10.6 Å². The summed E-state index contributed by atoms with van der Waals surface area (Å²) in [6, 6.07) is 15.5. The van der Waals surface area contributed by atoms with Gasteiger partial charge in [0, 0.05) is 28.1 Å². The van der Waals surface area contributed by atoms with Gasteiger partial charge >= 0.3 is 0 Å². The molecule has 0 saturated carbocycles. The third-order valence-corrected chi connectivity index (χ3v) is 5.80. The average molecular weight is 529 g/mol. The van der Waals surface area contributed by atoms with E-state index in [4.69, 9.17) is 32.0 Å². The second-order valence-corrected chi connectivity index (χ2v) is 8.57. The second-order valence-electron chi connectivity index (χ2n) is 6.84. The van der Waals surface area contributed by atoms with Gasteiger partial charge < -0.3 is 14.2 Å². The Hall–Kier alpha value is -3.13. The summed E-state index contributed by atoms with van der Waals surface area (Å²) in [6.45, 7) is 0. The molecule has 0 aliphatic rings. The van der Waals surface area contributed by atoms with Crippen LogP contribution in [0.2, 0.25) is 10.0 Å². The van der Waals surface area contributed by atoms with Crippen molar-refractivity contribution in [2.24, 2.45) is 0 Å². The van der Waals surface area contributed by atoms with E-state index in [1.807, 2.05) is 6.07 Å². The number of furan rings is 1. The number of anilines is 1. The normalized spacial score (nSPS) is 11.1. The lowest BCUT2D eigenvalue weighted by Gasteiger charge is -2.03. The lowest BCUT2D eigenvalue weighted by atomic mass is 10.2. The third-order valence-electron chi connectivity index (χ3n) is 4.63. The molecule has 0 aliphatic carbocycles. The standard InChI is InChI=1S/C23H12BrCl2N3O3/c24-14-7-13(10-27-11-14)23-29-18-9-15(2-4-20(18)32-23)28-22(30)21-6-5-19(31-21)12-1-3-16(25)17(26)8-12/h1-11H,(H,28,30). The zero-order valence-corrected chi connectivity index (χ0v) is 19.2. The first kappa shape index (κ1) is 20.8. The zero-order chi connectivity index (χ0) is 22.2. The molecule has 1 amide bonds. The monoisotopic (exact) mass is 527 g/mol. The number of hydrogen-bond acceptors (Lipinski definition) is 5. The fourth-order valence-electron chi connectivity index (χ4n) is 3.11. The predicted molar refractivity (Wildman–Crippen MR) is 127 cm³/mol. The highest BCUT2D eigenvalue weighted by Gasteiger charge is 2.15. The molecule has 0 saturated heterocycles. The minimum absolute atomic E-state index is 0.159. The van der Waals surface area contributed by atoms with Crippen LogP contribution in [0.3, 0.4) is 0 Å². The summed E-state index contributed by atoms with van der Waals surface area (Å²) in [7, 11) is 0. The largest absolute Gasteiger partial charge is 0.451 e. The smallest absolute Gasteiger partial charge is 0.291 e. The molecule has 1 N–H and O–H groups in total. The van der Waals surface area contributed by atoms with E-state index in [2.05, 4.69) is 31.2 Å². The first-order valence-corrected chi connectivity index (χ1v) is 10.9. The van der Waals surface area contributed by atoms with Crippen molar-refractivity contribution in [3.8, 4) is 22.8 Å². The van der Waals surface area contributed by atoms with Crippen LogP contribution in [0.25, 0.3) is 33.9 Å². The Kier molecular flexibility index (Phi) is 5.46. The Balaban J connectivity index is 1.37.